The number of sulfonamides is 1. The summed E-state index contributed by atoms with van der Waals surface area (Å²) < 4.78 is 27.0. The minimum Gasteiger partial charge on any atom is -0.326 e. The lowest BCUT2D eigenvalue weighted by molar-refractivity contribution is 0.600. The highest BCUT2D eigenvalue weighted by atomic mass is 32.2. The topological polar surface area (TPSA) is 72.2 Å². The van der Waals surface area contributed by atoms with Crippen LogP contribution >= 0.6 is 0 Å². The number of nitrogens with two attached hydrogens (primary N) is 1. The molecule has 0 atom stereocenters. The lowest BCUT2D eigenvalue weighted by Gasteiger charge is -2.11. The van der Waals surface area contributed by atoms with Crippen molar-refractivity contribution in [2.24, 2.45) is 5.73 Å². The van der Waals surface area contributed by atoms with Gasteiger partial charge in [-0.05, 0) is 35.7 Å². The minimum atomic E-state index is -3.44. The standard InChI is InChI=1S/C15H18N2O2S/c1-12-5-4-8-15(9-12)17-20(18,19)11-14-7-3-2-6-13(14)10-16/h2-9,17H,10-11,16H2,1H3. The molecule has 2 rings (SSSR count). The van der Waals surface area contributed by atoms with Crippen molar-refractivity contribution in [3.63, 3.8) is 0 Å². The van der Waals surface area contributed by atoms with Crippen LogP contribution in [0.5, 0.6) is 0 Å². The van der Waals surface area contributed by atoms with Gasteiger partial charge in [0.25, 0.3) is 0 Å². The van der Waals surface area contributed by atoms with Crippen molar-refractivity contribution < 1.29 is 8.42 Å². The number of aryl methyl sites for hydroxylation is 1. The molecule has 3 N–H and O–H groups in total. The molecule has 0 fully saturated rings. The zero-order chi connectivity index (χ0) is 14.6. The molecule has 0 saturated heterocycles. The molecule has 5 heteroatoms. The number of anilines is 1. The van der Waals surface area contributed by atoms with Crippen molar-refractivity contribution in [1.29, 1.82) is 0 Å². The van der Waals surface area contributed by atoms with Crippen molar-refractivity contribution in [3.05, 3.63) is 65.2 Å². The summed E-state index contributed by atoms with van der Waals surface area (Å²) in [6.45, 7) is 2.25. The molecule has 0 saturated carbocycles. The van der Waals surface area contributed by atoms with Crippen molar-refractivity contribution in [2.45, 2.75) is 19.2 Å². The molecule has 0 bridgehead atoms. The van der Waals surface area contributed by atoms with Gasteiger partial charge in [0.05, 0.1) is 5.75 Å². The molecule has 0 amide bonds. The highest BCUT2D eigenvalue weighted by molar-refractivity contribution is 7.91. The molecule has 0 aromatic heterocycles. The fourth-order valence-corrected chi connectivity index (χ4v) is 3.28. The monoisotopic (exact) mass is 290 g/mol. The Labute approximate surface area is 119 Å². The Morgan fingerprint density at radius 1 is 1.05 bits per heavy atom. The predicted molar refractivity (Wildman–Crippen MR) is 81.8 cm³/mol. The van der Waals surface area contributed by atoms with Crippen molar-refractivity contribution in [1.82, 2.24) is 0 Å². The van der Waals surface area contributed by atoms with E-state index < -0.39 is 10.0 Å². The van der Waals surface area contributed by atoms with Gasteiger partial charge < -0.3 is 5.73 Å². The van der Waals surface area contributed by atoms with Crippen LogP contribution < -0.4 is 10.5 Å². The molecule has 0 spiro atoms. The molecule has 0 radical (unpaired) electrons. The van der Waals surface area contributed by atoms with Gasteiger partial charge in [0, 0.05) is 12.2 Å². The molecule has 2 aromatic rings. The highest BCUT2D eigenvalue weighted by Gasteiger charge is 2.13. The Morgan fingerprint density at radius 2 is 1.75 bits per heavy atom. The van der Waals surface area contributed by atoms with E-state index in [-0.39, 0.29) is 5.75 Å². The molecule has 106 valence electrons. The average Bonchev–Trinajstić information content (AvgIpc) is 2.38. The number of hydrogen-bond acceptors (Lipinski definition) is 3. The first-order chi connectivity index (χ1) is 9.50. The molecular formula is C15H18N2O2S. The van der Waals surface area contributed by atoms with Gasteiger partial charge in [-0.3, -0.25) is 4.72 Å². The van der Waals surface area contributed by atoms with Crippen molar-refractivity contribution in [2.75, 3.05) is 4.72 Å². The van der Waals surface area contributed by atoms with E-state index in [2.05, 4.69) is 4.72 Å². The second kappa shape index (κ2) is 6.07. The van der Waals surface area contributed by atoms with Gasteiger partial charge in [-0.1, -0.05) is 36.4 Å². The first kappa shape index (κ1) is 14.6. The molecule has 0 aliphatic rings. The number of benzene rings is 2. The molecule has 4 nitrogen and oxygen atoms in total. The van der Waals surface area contributed by atoms with E-state index in [1.54, 1.807) is 18.2 Å². The minimum absolute atomic E-state index is 0.0751. The van der Waals surface area contributed by atoms with Crippen molar-refractivity contribution >= 4 is 15.7 Å². The van der Waals surface area contributed by atoms with Crippen LogP contribution in [-0.4, -0.2) is 8.42 Å². The summed E-state index contributed by atoms with van der Waals surface area (Å²) in [5.74, 6) is -0.0751. The van der Waals surface area contributed by atoms with Crippen LogP contribution in [0.25, 0.3) is 0 Å². The zero-order valence-electron chi connectivity index (χ0n) is 11.3. The fraction of sp³-hybridized carbons (Fsp3) is 0.200. The Hall–Kier alpha value is -1.85. The number of rotatable bonds is 5. The van der Waals surface area contributed by atoms with E-state index in [4.69, 9.17) is 5.73 Å². The van der Waals surface area contributed by atoms with E-state index >= 15 is 0 Å². The maximum atomic E-state index is 12.2. The summed E-state index contributed by atoms with van der Waals surface area (Å²) in [5, 5.41) is 0. The maximum Gasteiger partial charge on any atom is 0.236 e. The molecule has 2 aromatic carbocycles. The van der Waals surface area contributed by atoms with Gasteiger partial charge in [0.2, 0.25) is 10.0 Å². The van der Waals surface area contributed by atoms with Gasteiger partial charge >= 0.3 is 0 Å². The Bertz CT molecular complexity index is 697. The van der Waals surface area contributed by atoms with Crippen LogP contribution in [0.4, 0.5) is 5.69 Å². The Balaban J connectivity index is 2.19. The molecule has 0 heterocycles. The smallest absolute Gasteiger partial charge is 0.236 e. The molecule has 0 aliphatic carbocycles. The van der Waals surface area contributed by atoms with Crippen LogP contribution in [0.2, 0.25) is 0 Å². The van der Waals surface area contributed by atoms with Gasteiger partial charge in [-0.25, -0.2) is 8.42 Å². The first-order valence-corrected chi connectivity index (χ1v) is 7.99. The van der Waals surface area contributed by atoms with E-state index in [1.165, 1.54) is 0 Å². The summed E-state index contributed by atoms with van der Waals surface area (Å²) in [6.07, 6.45) is 0. The third kappa shape index (κ3) is 3.82. The summed E-state index contributed by atoms with van der Waals surface area (Å²) in [7, 11) is -3.44. The van der Waals surface area contributed by atoms with Crippen LogP contribution in [0.1, 0.15) is 16.7 Å². The molecular weight excluding hydrogens is 272 g/mol. The molecule has 0 aliphatic heterocycles. The highest BCUT2D eigenvalue weighted by Crippen LogP contribution is 2.16. The summed E-state index contributed by atoms with van der Waals surface area (Å²) in [4.78, 5) is 0. The summed E-state index contributed by atoms with van der Waals surface area (Å²) >= 11 is 0. The first-order valence-electron chi connectivity index (χ1n) is 6.34. The van der Waals surface area contributed by atoms with Crippen LogP contribution in [0.3, 0.4) is 0 Å². The van der Waals surface area contributed by atoms with E-state index in [1.807, 2.05) is 37.3 Å². The van der Waals surface area contributed by atoms with Crippen LogP contribution in [0.15, 0.2) is 48.5 Å². The molecule has 20 heavy (non-hydrogen) atoms. The van der Waals surface area contributed by atoms with Crippen LogP contribution in [0, 0.1) is 6.92 Å². The van der Waals surface area contributed by atoms with Gasteiger partial charge in [-0.2, -0.15) is 0 Å². The van der Waals surface area contributed by atoms with Gasteiger partial charge in [0.15, 0.2) is 0 Å². The quantitative estimate of drug-likeness (QED) is 0.888. The Kier molecular flexibility index (Phi) is 4.42. The Morgan fingerprint density at radius 3 is 2.40 bits per heavy atom. The van der Waals surface area contributed by atoms with Gasteiger partial charge in [-0.15, -0.1) is 0 Å². The third-order valence-electron chi connectivity index (χ3n) is 2.98. The normalized spacial score (nSPS) is 11.3. The third-order valence-corrected chi connectivity index (χ3v) is 4.21. The lowest BCUT2D eigenvalue weighted by atomic mass is 10.1. The maximum absolute atomic E-state index is 12.2. The van der Waals surface area contributed by atoms with E-state index in [0.717, 1.165) is 16.7 Å². The summed E-state index contributed by atoms with van der Waals surface area (Å²) in [6, 6.07) is 14.6. The van der Waals surface area contributed by atoms with E-state index in [0.29, 0.717) is 12.2 Å². The van der Waals surface area contributed by atoms with Gasteiger partial charge in [0.1, 0.15) is 0 Å². The average molecular weight is 290 g/mol. The van der Waals surface area contributed by atoms with Crippen LogP contribution in [-0.2, 0) is 22.3 Å². The second-order valence-corrected chi connectivity index (χ2v) is 6.43. The number of nitrogens with one attached hydrogen (secondary N) is 1. The predicted octanol–water partition coefficient (Wildman–Crippen LogP) is 2.40. The summed E-state index contributed by atoms with van der Waals surface area (Å²) in [5.41, 5.74) is 8.79. The zero-order valence-corrected chi connectivity index (χ0v) is 12.2. The lowest BCUT2D eigenvalue weighted by Crippen LogP contribution is -2.16. The largest absolute Gasteiger partial charge is 0.326 e. The van der Waals surface area contributed by atoms with E-state index in [9.17, 15) is 8.42 Å². The number of hydrogen-bond donors (Lipinski definition) is 2. The SMILES string of the molecule is Cc1cccc(NS(=O)(=O)Cc2ccccc2CN)c1. The second-order valence-electron chi connectivity index (χ2n) is 4.70. The van der Waals surface area contributed by atoms with Crippen molar-refractivity contribution in [3.8, 4) is 0 Å². The molecule has 0 unspecified atom stereocenters. The fourth-order valence-electron chi connectivity index (χ4n) is 2.03.